The maximum absolute atomic E-state index is 13.9. The fourth-order valence-corrected chi connectivity index (χ4v) is 2.38. The van der Waals surface area contributed by atoms with E-state index in [1.165, 1.54) is 0 Å². The lowest BCUT2D eigenvalue weighted by molar-refractivity contribution is 0.112. The van der Waals surface area contributed by atoms with Crippen LogP contribution in [0.4, 0.5) is 13.2 Å². The number of hydrogen-bond donors (Lipinski definition) is 1. The number of carbonyl (C=O) groups is 1. The van der Waals surface area contributed by atoms with Crippen molar-refractivity contribution in [1.29, 1.82) is 0 Å². The van der Waals surface area contributed by atoms with E-state index in [-0.39, 0.29) is 16.8 Å². The van der Waals surface area contributed by atoms with Crippen LogP contribution in [0.5, 0.6) is 0 Å². The minimum Gasteiger partial charge on any atom is -0.354 e. The standard InChI is InChI=1S/C16H10F3NO/c1-8-2-3-15-9(4-8)11(7-21)16(20-15)10-5-13(18)14(19)6-12(10)17/h2-7,20H,1H3. The van der Waals surface area contributed by atoms with Crippen LogP contribution in [0.25, 0.3) is 22.2 Å². The van der Waals surface area contributed by atoms with E-state index in [9.17, 15) is 18.0 Å². The summed E-state index contributed by atoms with van der Waals surface area (Å²) < 4.78 is 40.3. The number of aldehydes is 1. The maximum atomic E-state index is 13.9. The SMILES string of the molecule is Cc1ccc2[nH]c(-c3cc(F)c(F)cc3F)c(C=O)c2c1. The van der Waals surface area contributed by atoms with Crippen LogP contribution in [0.1, 0.15) is 15.9 Å². The van der Waals surface area contributed by atoms with Crippen LogP contribution in [0.3, 0.4) is 0 Å². The van der Waals surface area contributed by atoms with E-state index in [0.717, 1.165) is 11.6 Å². The van der Waals surface area contributed by atoms with Gasteiger partial charge < -0.3 is 4.98 Å². The van der Waals surface area contributed by atoms with Crippen LogP contribution < -0.4 is 0 Å². The van der Waals surface area contributed by atoms with Gasteiger partial charge in [0.2, 0.25) is 0 Å². The Morgan fingerprint density at radius 2 is 1.71 bits per heavy atom. The van der Waals surface area contributed by atoms with Crippen LogP contribution in [0.2, 0.25) is 0 Å². The summed E-state index contributed by atoms with van der Waals surface area (Å²) in [7, 11) is 0. The summed E-state index contributed by atoms with van der Waals surface area (Å²) in [5.41, 5.74) is 1.74. The number of benzene rings is 2. The van der Waals surface area contributed by atoms with Crippen molar-refractivity contribution in [3.8, 4) is 11.3 Å². The highest BCUT2D eigenvalue weighted by Gasteiger charge is 2.18. The molecule has 1 aromatic heterocycles. The molecule has 0 saturated heterocycles. The van der Waals surface area contributed by atoms with Crippen molar-refractivity contribution in [3.05, 3.63) is 58.9 Å². The number of nitrogens with one attached hydrogen (secondary N) is 1. The zero-order chi connectivity index (χ0) is 15.1. The fraction of sp³-hybridized carbons (Fsp3) is 0.0625. The van der Waals surface area contributed by atoms with E-state index in [4.69, 9.17) is 0 Å². The number of aromatic nitrogens is 1. The Bertz CT molecular complexity index is 868. The molecule has 21 heavy (non-hydrogen) atoms. The Morgan fingerprint density at radius 3 is 2.43 bits per heavy atom. The second-order valence-electron chi connectivity index (χ2n) is 4.83. The quantitative estimate of drug-likeness (QED) is 0.551. The smallest absolute Gasteiger partial charge is 0.161 e. The first-order valence-corrected chi connectivity index (χ1v) is 6.23. The molecule has 0 fully saturated rings. The van der Waals surface area contributed by atoms with Crippen LogP contribution in [-0.4, -0.2) is 11.3 Å². The van der Waals surface area contributed by atoms with Gasteiger partial charge >= 0.3 is 0 Å². The monoisotopic (exact) mass is 289 g/mol. The van der Waals surface area contributed by atoms with Gasteiger partial charge in [-0.25, -0.2) is 13.2 Å². The van der Waals surface area contributed by atoms with E-state index in [2.05, 4.69) is 4.98 Å². The van der Waals surface area contributed by atoms with E-state index in [0.29, 0.717) is 23.3 Å². The van der Waals surface area contributed by atoms with Crippen molar-refractivity contribution in [2.45, 2.75) is 6.92 Å². The predicted octanol–water partition coefficient (Wildman–Crippen LogP) is 4.37. The maximum Gasteiger partial charge on any atom is 0.161 e. The van der Waals surface area contributed by atoms with Gasteiger partial charge in [0, 0.05) is 28.1 Å². The Balaban J connectivity index is 2.35. The lowest BCUT2D eigenvalue weighted by atomic mass is 10.0. The molecule has 0 atom stereocenters. The second kappa shape index (κ2) is 4.77. The molecule has 2 aromatic carbocycles. The summed E-state index contributed by atoms with van der Waals surface area (Å²) in [4.78, 5) is 14.2. The molecule has 5 heteroatoms. The molecule has 106 valence electrons. The summed E-state index contributed by atoms with van der Waals surface area (Å²) >= 11 is 0. The van der Waals surface area contributed by atoms with Gasteiger partial charge in [-0.2, -0.15) is 0 Å². The summed E-state index contributed by atoms with van der Waals surface area (Å²) in [6.45, 7) is 1.86. The van der Waals surface area contributed by atoms with Crippen molar-refractivity contribution in [3.63, 3.8) is 0 Å². The van der Waals surface area contributed by atoms with Crippen LogP contribution in [0, 0.1) is 24.4 Å². The number of fused-ring (bicyclic) bond motifs is 1. The van der Waals surface area contributed by atoms with Gasteiger partial charge in [0.05, 0.1) is 5.69 Å². The third-order valence-electron chi connectivity index (χ3n) is 3.39. The van der Waals surface area contributed by atoms with E-state index in [1.54, 1.807) is 12.1 Å². The molecule has 1 N–H and O–H groups in total. The third kappa shape index (κ3) is 2.11. The molecule has 0 aliphatic carbocycles. The number of H-pyrrole nitrogens is 1. The summed E-state index contributed by atoms with van der Waals surface area (Å²) in [6.07, 6.45) is 0.578. The molecular weight excluding hydrogens is 279 g/mol. The van der Waals surface area contributed by atoms with E-state index in [1.807, 2.05) is 13.0 Å². The number of halogens is 3. The highest BCUT2D eigenvalue weighted by atomic mass is 19.2. The average Bonchev–Trinajstić information content (AvgIpc) is 2.80. The molecule has 0 unspecified atom stereocenters. The van der Waals surface area contributed by atoms with Crippen LogP contribution >= 0.6 is 0 Å². The molecule has 0 amide bonds. The molecular formula is C16H10F3NO. The largest absolute Gasteiger partial charge is 0.354 e. The highest BCUT2D eigenvalue weighted by Crippen LogP contribution is 2.32. The lowest BCUT2D eigenvalue weighted by Gasteiger charge is -2.03. The third-order valence-corrected chi connectivity index (χ3v) is 3.39. The number of aromatic amines is 1. The topological polar surface area (TPSA) is 32.9 Å². The average molecular weight is 289 g/mol. The van der Waals surface area contributed by atoms with Gasteiger partial charge in [0.15, 0.2) is 17.9 Å². The molecule has 2 nitrogen and oxygen atoms in total. The first-order chi connectivity index (χ1) is 10.0. The molecule has 3 rings (SSSR count). The minimum atomic E-state index is -1.27. The van der Waals surface area contributed by atoms with Crippen molar-refractivity contribution in [2.24, 2.45) is 0 Å². The zero-order valence-electron chi connectivity index (χ0n) is 11.0. The van der Waals surface area contributed by atoms with Gasteiger partial charge in [-0.05, 0) is 25.1 Å². The number of hydrogen-bond acceptors (Lipinski definition) is 1. The van der Waals surface area contributed by atoms with Crippen molar-refractivity contribution in [1.82, 2.24) is 4.98 Å². The Kier molecular flexibility index (Phi) is 3.05. The van der Waals surface area contributed by atoms with E-state index >= 15 is 0 Å². The van der Waals surface area contributed by atoms with Gasteiger partial charge in [-0.1, -0.05) is 11.6 Å². The molecule has 0 saturated carbocycles. The molecule has 3 aromatic rings. The molecule has 0 aliphatic rings. The van der Waals surface area contributed by atoms with Gasteiger partial charge in [0.1, 0.15) is 5.82 Å². The number of carbonyl (C=O) groups excluding carboxylic acids is 1. The summed E-state index contributed by atoms with van der Waals surface area (Å²) in [5, 5.41) is 0.615. The first kappa shape index (κ1) is 13.4. The Morgan fingerprint density at radius 1 is 1.00 bits per heavy atom. The zero-order valence-corrected chi connectivity index (χ0v) is 11.0. The number of aryl methyl sites for hydroxylation is 1. The van der Waals surface area contributed by atoms with Crippen molar-refractivity contribution in [2.75, 3.05) is 0 Å². The van der Waals surface area contributed by atoms with Crippen molar-refractivity contribution < 1.29 is 18.0 Å². The van der Waals surface area contributed by atoms with Gasteiger partial charge in [-0.3, -0.25) is 4.79 Å². The van der Waals surface area contributed by atoms with Crippen LogP contribution in [-0.2, 0) is 0 Å². The predicted molar refractivity (Wildman–Crippen MR) is 73.7 cm³/mol. The Labute approximate surface area is 118 Å². The molecule has 0 spiro atoms. The highest BCUT2D eigenvalue weighted by molar-refractivity contribution is 6.04. The lowest BCUT2D eigenvalue weighted by Crippen LogP contribution is -1.93. The molecule has 1 heterocycles. The Hall–Kier alpha value is -2.56. The molecule has 0 aliphatic heterocycles. The minimum absolute atomic E-state index is 0.141. The first-order valence-electron chi connectivity index (χ1n) is 6.23. The fourth-order valence-electron chi connectivity index (χ4n) is 2.38. The van der Waals surface area contributed by atoms with Gasteiger partial charge in [-0.15, -0.1) is 0 Å². The summed E-state index contributed by atoms with van der Waals surface area (Å²) in [5.74, 6) is -3.37. The molecule has 0 bridgehead atoms. The molecule has 0 radical (unpaired) electrons. The van der Waals surface area contributed by atoms with Gasteiger partial charge in [0.25, 0.3) is 0 Å². The van der Waals surface area contributed by atoms with E-state index < -0.39 is 17.5 Å². The number of rotatable bonds is 2. The van der Waals surface area contributed by atoms with Crippen molar-refractivity contribution >= 4 is 17.2 Å². The van der Waals surface area contributed by atoms with Crippen LogP contribution in [0.15, 0.2) is 30.3 Å². The second-order valence-corrected chi connectivity index (χ2v) is 4.83. The normalized spacial score (nSPS) is 11.0. The summed E-state index contributed by atoms with van der Waals surface area (Å²) in [6, 6.07) is 6.57.